The molecule has 1 aromatic carbocycles. The van der Waals surface area contributed by atoms with Gasteiger partial charge in [0, 0.05) is 4.43 Å². The number of aliphatic carboxylic acids is 1. The molecule has 0 radical (unpaired) electrons. The SMILES string of the molecule is O=C(O)COc1ccc(CI)cc1. The van der Waals surface area contributed by atoms with Crippen molar-refractivity contribution in [1.82, 2.24) is 0 Å². The lowest BCUT2D eigenvalue weighted by molar-refractivity contribution is -0.139. The highest BCUT2D eigenvalue weighted by atomic mass is 127. The fourth-order valence-corrected chi connectivity index (χ4v) is 1.33. The molecule has 0 amide bonds. The van der Waals surface area contributed by atoms with E-state index in [2.05, 4.69) is 22.6 Å². The Bertz CT molecular complexity index is 281. The summed E-state index contributed by atoms with van der Waals surface area (Å²) in [4.78, 5) is 10.2. The van der Waals surface area contributed by atoms with E-state index < -0.39 is 5.97 Å². The Balaban J connectivity index is 2.54. The van der Waals surface area contributed by atoms with Gasteiger partial charge in [0.25, 0.3) is 0 Å². The molecule has 13 heavy (non-hydrogen) atoms. The minimum atomic E-state index is -0.960. The normalized spacial score (nSPS) is 9.62. The van der Waals surface area contributed by atoms with E-state index in [1.54, 1.807) is 12.1 Å². The van der Waals surface area contributed by atoms with Crippen LogP contribution in [0, 0.1) is 0 Å². The number of alkyl halides is 1. The van der Waals surface area contributed by atoms with Crippen molar-refractivity contribution in [1.29, 1.82) is 0 Å². The van der Waals surface area contributed by atoms with Crippen LogP contribution in [0.4, 0.5) is 0 Å². The van der Waals surface area contributed by atoms with Gasteiger partial charge in [0.05, 0.1) is 0 Å². The van der Waals surface area contributed by atoms with Gasteiger partial charge in [-0.25, -0.2) is 4.79 Å². The number of hydrogen-bond acceptors (Lipinski definition) is 2. The molecule has 0 saturated heterocycles. The summed E-state index contributed by atoms with van der Waals surface area (Å²) in [6.07, 6.45) is 0. The highest BCUT2D eigenvalue weighted by molar-refractivity contribution is 14.1. The van der Waals surface area contributed by atoms with Gasteiger partial charge in [0.1, 0.15) is 5.75 Å². The van der Waals surface area contributed by atoms with Gasteiger partial charge in [0.15, 0.2) is 6.61 Å². The molecule has 0 heterocycles. The Kier molecular flexibility index (Phi) is 4.01. The van der Waals surface area contributed by atoms with Gasteiger partial charge in [-0.05, 0) is 17.7 Å². The van der Waals surface area contributed by atoms with Gasteiger partial charge in [0.2, 0.25) is 0 Å². The maximum atomic E-state index is 10.2. The number of hydrogen-bond donors (Lipinski definition) is 1. The maximum absolute atomic E-state index is 10.2. The first-order chi connectivity index (χ1) is 6.22. The molecule has 70 valence electrons. The van der Waals surface area contributed by atoms with Crippen molar-refractivity contribution >= 4 is 28.6 Å². The van der Waals surface area contributed by atoms with Gasteiger partial charge in [-0.3, -0.25) is 0 Å². The zero-order chi connectivity index (χ0) is 9.68. The van der Waals surface area contributed by atoms with E-state index in [0.717, 1.165) is 4.43 Å². The van der Waals surface area contributed by atoms with Gasteiger partial charge in [-0.1, -0.05) is 34.7 Å². The van der Waals surface area contributed by atoms with Gasteiger partial charge < -0.3 is 9.84 Å². The summed E-state index contributed by atoms with van der Waals surface area (Å²) >= 11 is 2.26. The smallest absolute Gasteiger partial charge is 0.341 e. The molecule has 1 aromatic rings. The summed E-state index contributed by atoms with van der Waals surface area (Å²) in [5, 5.41) is 8.35. The second-order valence-electron chi connectivity index (χ2n) is 2.46. The first-order valence-corrected chi connectivity index (χ1v) is 5.24. The molecule has 0 bridgehead atoms. The maximum Gasteiger partial charge on any atom is 0.341 e. The van der Waals surface area contributed by atoms with Crippen molar-refractivity contribution in [3.8, 4) is 5.75 Å². The van der Waals surface area contributed by atoms with Crippen molar-refractivity contribution in [3.63, 3.8) is 0 Å². The van der Waals surface area contributed by atoms with Crippen LogP contribution in [-0.2, 0) is 9.22 Å². The Morgan fingerprint density at radius 1 is 1.38 bits per heavy atom. The largest absolute Gasteiger partial charge is 0.482 e. The molecule has 1 rings (SSSR count). The summed E-state index contributed by atoms with van der Waals surface area (Å²) in [5.41, 5.74) is 1.20. The quantitative estimate of drug-likeness (QED) is 0.682. The summed E-state index contributed by atoms with van der Waals surface area (Å²) in [5.74, 6) is -0.367. The molecule has 0 aliphatic rings. The second kappa shape index (κ2) is 5.06. The van der Waals surface area contributed by atoms with E-state index in [9.17, 15) is 4.79 Å². The molecule has 0 aliphatic carbocycles. The van der Waals surface area contributed by atoms with E-state index >= 15 is 0 Å². The molecule has 0 fully saturated rings. The van der Waals surface area contributed by atoms with Crippen LogP contribution in [0.15, 0.2) is 24.3 Å². The van der Waals surface area contributed by atoms with Crippen LogP contribution in [0.3, 0.4) is 0 Å². The van der Waals surface area contributed by atoms with Crippen LogP contribution in [0.25, 0.3) is 0 Å². The molecule has 0 atom stereocenters. The van der Waals surface area contributed by atoms with Gasteiger partial charge in [-0.15, -0.1) is 0 Å². The third kappa shape index (κ3) is 3.63. The van der Waals surface area contributed by atoms with Crippen LogP contribution < -0.4 is 4.74 Å². The highest BCUT2D eigenvalue weighted by Gasteiger charge is 1.98. The lowest BCUT2D eigenvalue weighted by Gasteiger charge is -2.02. The summed E-state index contributed by atoms with van der Waals surface area (Å²) in [6.45, 7) is -0.288. The number of carboxylic acids is 1. The molecular formula is C9H9IO3. The fourth-order valence-electron chi connectivity index (χ4n) is 0.820. The van der Waals surface area contributed by atoms with E-state index in [-0.39, 0.29) is 6.61 Å². The van der Waals surface area contributed by atoms with Crippen molar-refractivity contribution in [2.45, 2.75) is 4.43 Å². The monoisotopic (exact) mass is 292 g/mol. The van der Waals surface area contributed by atoms with Gasteiger partial charge in [-0.2, -0.15) is 0 Å². The number of halogens is 1. The number of carbonyl (C=O) groups is 1. The van der Waals surface area contributed by atoms with E-state index in [1.807, 2.05) is 12.1 Å². The number of rotatable bonds is 4. The Morgan fingerprint density at radius 2 is 2.00 bits per heavy atom. The highest BCUT2D eigenvalue weighted by Crippen LogP contribution is 2.13. The summed E-state index contributed by atoms with van der Waals surface area (Å²) in [7, 11) is 0. The van der Waals surface area contributed by atoms with Crippen LogP contribution in [0.5, 0.6) is 5.75 Å². The minimum Gasteiger partial charge on any atom is -0.482 e. The van der Waals surface area contributed by atoms with Crippen molar-refractivity contribution in [2.24, 2.45) is 0 Å². The predicted molar refractivity (Wildman–Crippen MR) is 57.3 cm³/mol. The van der Waals surface area contributed by atoms with Crippen molar-refractivity contribution < 1.29 is 14.6 Å². The van der Waals surface area contributed by atoms with E-state index in [1.165, 1.54) is 5.56 Å². The molecule has 0 aromatic heterocycles. The fraction of sp³-hybridized carbons (Fsp3) is 0.222. The average molecular weight is 292 g/mol. The molecule has 0 unspecified atom stereocenters. The molecule has 0 spiro atoms. The molecular weight excluding hydrogens is 283 g/mol. The summed E-state index contributed by atoms with van der Waals surface area (Å²) in [6, 6.07) is 7.39. The molecule has 1 N–H and O–H groups in total. The lowest BCUT2D eigenvalue weighted by atomic mass is 10.2. The van der Waals surface area contributed by atoms with E-state index in [0.29, 0.717) is 5.75 Å². The zero-order valence-electron chi connectivity index (χ0n) is 6.87. The third-order valence-electron chi connectivity index (χ3n) is 1.44. The minimum absolute atomic E-state index is 0.288. The van der Waals surface area contributed by atoms with Gasteiger partial charge >= 0.3 is 5.97 Å². The first kappa shape index (κ1) is 10.3. The Labute approximate surface area is 89.9 Å². The topological polar surface area (TPSA) is 46.5 Å². The average Bonchev–Trinajstić information content (AvgIpc) is 2.15. The Morgan fingerprint density at radius 3 is 2.46 bits per heavy atom. The predicted octanol–water partition coefficient (Wildman–Crippen LogP) is 2.08. The first-order valence-electron chi connectivity index (χ1n) is 3.72. The number of carboxylic acid groups (broad SMARTS) is 1. The lowest BCUT2D eigenvalue weighted by Crippen LogP contribution is -2.09. The Hall–Kier alpha value is -0.780. The standard InChI is InChI=1S/C9H9IO3/c10-5-7-1-3-8(4-2-7)13-6-9(11)12/h1-4H,5-6H2,(H,11,12). The molecule has 3 nitrogen and oxygen atoms in total. The molecule has 0 aliphatic heterocycles. The summed E-state index contributed by atoms with van der Waals surface area (Å²) < 4.78 is 5.91. The molecule has 4 heteroatoms. The number of benzene rings is 1. The van der Waals surface area contributed by atoms with Crippen molar-refractivity contribution in [3.05, 3.63) is 29.8 Å². The van der Waals surface area contributed by atoms with Crippen LogP contribution >= 0.6 is 22.6 Å². The van der Waals surface area contributed by atoms with Crippen LogP contribution in [0.1, 0.15) is 5.56 Å². The molecule has 0 saturated carbocycles. The van der Waals surface area contributed by atoms with Crippen LogP contribution in [0.2, 0.25) is 0 Å². The van der Waals surface area contributed by atoms with Crippen LogP contribution in [-0.4, -0.2) is 17.7 Å². The number of ether oxygens (including phenoxy) is 1. The second-order valence-corrected chi connectivity index (χ2v) is 3.22. The van der Waals surface area contributed by atoms with Crippen molar-refractivity contribution in [2.75, 3.05) is 6.61 Å². The van der Waals surface area contributed by atoms with E-state index in [4.69, 9.17) is 9.84 Å². The zero-order valence-corrected chi connectivity index (χ0v) is 9.02. The third-order valence-corrected chi connectivity index (χ3v) is 2.32.